The van der Waals surface area contributed by atoms with Gasteiger partial charge in [0.05, 0.1) is 12.0 Å². The van der Waals surface area contributed by atoms with Crippen LogP contribution in [0.5, 0.6) is 0 Å². The van der Waals surface area contributed by atoms with E-state index in [0.717, 1.165) is 22.4 Å². The summed E-state index contributed by atoms with van der Waals surface area (Å²) in [4.78, 5) is 49.4. The molecule has 1 N–H and O–H groups in total. The third-order valence-corrected chi connectivity index (χ3v) is 8.00. The van der Waals surface area contributed by atoms with E-state index in [1.807, 2.05) is 81.1 Å². The first-order chi connectivity index (χ1) is 17.7. The largest absolute Gasteiger partial charge is 0.352 e. The average molecular weight is 492 g/mol. The first kappa shape index (κ1) is 23.3. The van der Waals surface area contributed by atoms with E-state index in [1.165, 1.54) is 0 Å². The van der Waals surface area contributed by atoms with E-state index in [-0.39, 0.29) is 23.2 Å². The summed E-state index contributed by atoms with van der Waals surface area (Å²) in [5, 5.41) is 3.05. The third kappa shape index (κ3) is 3.18. The number of ketones is 2. The highest BCUT2D eigenvalue weighted by atomic mass is 16.2. The number of aromatic nitrogens is 1. The summed E-state index contributed by atoms with van der Waals surface area (Å²) in [6.07, 6.45) is 5.59. The standard InChI is InChI=1S/C31H29N3O3/c1-18-12-14-23-19(17-18)13-15-24-31(20-9-5-6-10-21(20)33-29(31)37)25(27(35)22-11-7-8-16-32-22)26(34(23)24)28(36)30(2,3)4/h5-17,24-26H,1-4H3,(H,33,37)/t24-,25+,26-,31-/m0/s1. The SMILES string of the molecule is Cc1ccc2c(c1)C=C[C@@H]1N2[C@H](C(=O)C(C)(C)C)[C@H](C(=O)c2ccccn2)[C@@]12C(=O)Nc1ccccc12. The Morgan fingerprint density at radius 3 is 2.51 bits per heavy atom. The van der Waals surface area contributed by atoms with Gasteiger partial charge in [-0.3, -0.25) is 19.4 Å². The molecule has 3 aliphatic heterocycles. The van der Waals surface area contributed by atoms with Gasteiger partial charge in [0.15, 0.2) is 11.6 Å². The fourth-order valence-electron chi connectivity index (χ4n) is 6.41. The second-order valence-electron chi connectivity index (χ2n) is 11.3. The minimum absolute atomic E-state index is 0.0809. The van der Waals surface area contributed by atoms with E-state index in [0.29, 0.717) is 5.69 Å². The van der Waals surface area contributed by atoms with Crippen molar-refractivity contribution in [3.05, 3.63) is 95.3 Å². The molecule has 1 amide bonds. The lowest BCUT2D eigenvalue weighted by Gasteiger charge is -2.38. The second-order valence-corrected chi connectivity index (χ2v) is 11.3. The minimum atomic E-state index is -1.30. The van der Waals surface area contributed by atoms with Crippen molar-refractivity contribution < 1.29 is 14.4 Å². The number of nitrogens with zero attached hydrogens (tertiary/aromatic N) is 2. The van der Waals surface area contributed by atoms with E-state index in [4.69, 9.17) is 0 Å². The fraction of sp³-hybridized carbons (Fsp3) is 0.290. The van der Waals surface area contributed by atoms with Crippen molar-refractivity contribution in [1.29, 1.82) is 0 Å². The van der Waals surface area contributed by atoms with E-state index in [1.54, 1.807) is 24.4 Å². The van der Waals surface area contributed by atoms with Crippen molar-refractivity contribution >= 4 is 34.9 Å². The monoisotopic (exact) mass is 491 g/mol. The van der Waals surface area contributed by atoms with Crippen LogP contribution < -0.4 is 10.2 Å². The summed E-state index contributed by atoms with van der Waals surface area (Å²) in [5.41, 5.74) is 2.55. The molecule has 1 aromatic heterocycles. The average Bonchev–Trinajstić information content (AvgIpc) is 3.35. The van der Waals surface area contributed by atoms with Crippen LogP contribution in [-0.2, 0) is 15.0 Å². The highest BCUT2D eigenvalue weighted by Crippen LogP contribution is 2.58. The molecule has 0 radical (unpaired) electrons. The molecular formula is C31H29N3O3. The van der Waals surface area contributed by atoms with Crippen molar-refractivity contribution in [2.45, 2.75) is 45.2 Å². The zero-order valence-corrected chi connectivity index (χ0v) is 21.4. The summed E-state index contributed by atoms with van der Waals surface area (Å²) >= 11 is 0. The number of hydrogen-bond donors (Lipinski definition) is 1. The van der Waals surface area contributed by atoms with Crippen molar-refractivity contribution in [3.8, 4) is 0 Å². The Bertz CT molecular complexity index is 1490. The highest BCUT2D eigenvalue weighted by molar-refractivity contribution is 6.16. The first-order valence-corrected chi connectivity index (χ1v) is 12.6. The lowest BCUT2D eigenvalue weighted by atomic mass is 9.63. The number of hydrogen-bond acceptors (Lipinski definition) is 5. The Kier molecular flexibility index (Phi) is 5.03. The zero-order valence-electron chi connectivity index (χ0n) is 21.4. The summed E-state index contributed by atoms with van der Waals surface area (Å²) < 4.78 is 0. The van der Waals surface area contributed by atoms with Gasteiger partial charge in [-0.05, 0) is 48.4 Å². The third-order valence-electron chi connectivity index (χ3n) is 8.00. The number of anilines is 2. The van der Waals surface area contributed by atoms with Gasteiger partial charge in [0.25, 0.3) is 0 Å². The molecule has 6 heteroatoms. The van der Waals surface area contributed by atoms with Crippen LogP contribution >= 0.6 is 0 Å². The molecule has 1 saturated heterocycles. The molecule has 2 aromatic carbocycles. The zero-order chi connectivity index (χ0) is 26.1. The molecule has 0 bridgehead atoms. The van der Waals surface area contributed by atoms with Crippen molar-refractivity contribution in [2.24, 2.45) is 11.3 Å². The molecular weight excluding hydrogens is 462 g/mol. The molecule has 4 heterocycles. The Morgan fingerprint density at radius 1 is 1.03 bits per heavy atom. The smallest absolute Gasteiger partial charge is 0.238 e. The first-order valence-electron chi connectivity index (χ1n) is 12.6. The molecule has 4 atom stereocenters. The maximum Gasteiger partial charge on any atom is 0.238 e. The van der Waals surface area contributed by atoms with Gasteiger partial charge in [-0.15, -0.1) is 0 Å². The minimum Gasteiger partial charge on any atom is -0.352 e. The maximum atomic E-state index is 14.5. The van der Waals surface area contributed by atoms with E-state index in [9.17, 15) is 14.4 Å². The van der Waals surface area contributed by atoms with Crippen molar-refractivity contribution in [1.82, 2.24) is 4.98 Å². The molecule has 186 valence electrons. The van der Waals surface area contributed by atoms with Crippen LogP contribution in [0.3, 0.4) is 0 Å². The van der Waals surface area contributed by atoms with Crippen molar-refractivity contribution in [2.75, 3.05) is 10.2 Å². The van der Waals surface area contributed by atoms with Crippen LogP contribution in [0, 0.1) is 18.3 Å². The number of Topliss-reactive ketones (excluding diaryl/α,β-unsaturated/α-hetero) is 2. The molecule has 6 rings (SSSR count). The number of benzene rings is 2. The summed E-state index contributed by atoms with van der Waals surface area (Å²) in [5.74, 6) is -1.61. The predicted octanol–water partition coefficient (Wildman–Crippen LogP) is 4.98. The van der Waals surface area contributed by atoms with Crippen LogP contribution in [0.4, 0.5) is 11.4 Å². The van der Waals surface area contributed by atoms with E-state index < -0.39 is 28.8 Å². The van der Waals surface area contributed by atoms with Gasteiger partial charge < -0.3 is 10.2 Å². The summed E-state index contributed by atoms with van der Waals surface area (Å²) in [7, 11) is 0. The molecule has 0 unspecified atom stereocenters. The topological polar surface area (TPSA) is 79.4 Å². The summed E-state index contributed by atoms with van der Waals surface area (Å²) in [6.45, 7) is 7.64. The number of nitrogens with one attached hydrogen (secondary N) is 1. The van der Waals surface area contributed by atoms with Gasteiger partial charge in [0, 0.05) is 23.0 Å². The van der Waals surface area contributed by atoms with E-state index in [2.05, 4.69) is 16.4 Å². The summed E-state index contributed by atoms with van der Waals surface area (Å²) in [6, 6.07) is 17.4. The Hall–Kier alpha value is -4.06. The normalized spacial score (nSPS) is 25.5. The Morgan fingerprint density at radius 2 is 1.78 bits per heavy atom. The number of para-hydroxylation sites is 1. The lowest BCUT2D eigenvalue weighted by Crippen LogP contribution is -2.51. The van der Waals surface area contributed by atoms with Gasteiger partial charge in [-0.1, -0.05) is 68.8 Å². The second kappa shape index (κ2) is 7.97. The number of fused-ring (bicyclic) bond motifs is 6. The fourth-order valence-corrected chi connectivity index (χ4v) is 6.41. The number of carbonyl (C=O) groups excluding carboxylic acids is 3. The predicted molar refractivity (Wildman–Crippen MR) is 144 cm³/mol. The number of rotatable bonds is 3. The molecule has 1 spiro atoms. The Labute approximate surface area is 216 Å². The molecule has 3 aromatic rings. The van der Waals surface area contributed by atoms with Crippen LogP contribution in [-0.4, -0.2) is 34.5 Å². The molecule has 1 fully saturated rings. The number of aryl methyl sites for hydroxylation is 1. The number of pyridine rings is 1. The van der Waals surface area contributed by atoms with Crippen LogP contribution in [0.25, 0.3) is 6.08 Å². The van der Waals surface area contributed by atoms with E-state index >= 15 is 0 Å². The molecule has 0 saturated carbocycles. The lowest BCUT2D eigenvalue weighted by molar-refractivity contribution is -0.128. The Balaban J connectivity index is 1.69. The van der Waals surface area contributed by atoms with Gasteiger partial charge in [0.2, 0.25) is 5.91 Å². The number of carbonyl (C=O) groups is 3. The maximum absolute atomic E-state index is 14.5. The van der Waals surface area contributed by atoms with Gasteiger partial charge in [0.1, 0.15) is 17.2 Å². The highest BCUT2D eigenvalue weighted by Gasteiger charge is 2.70. The van der Waals surface area contributed by atoms with Crippen molar-refractivity contribution in [3.63, 3.8) is 0 Å². The molecule has 0 aliphatic carbocycles. The van der Waals surface area contributed by atoms with Gasteiger partial charge >= 0.3 is 0 Å². The molecule has 6 nitrogen and oxygen atoms in total. The molecule has 37 heavy (non-hydrogen) atoms. The van der Waals surface area contributed by atoms with Gasteiger partial charge in [-0.2, -0.15) is 0 Å². The van der Waals surface area contributed by atoms with Crippen LogP contribution in [0.1, 0.15) is 48.0 Å². The van der Waals surface area contributed by atoms with Crippen LogP contribution in [0.15, 0.2) is 72.9 Å². The molecule has 3 aliphatic rings. The van der Waals surface area contributed by atoms with Crippen LogP contribution in [0.2, 0.25) is 0 Å². The number of amides is 1. The van der Waals surface area contributed by atoms with Gasteiger partial charge in [-0.25, -0.2) is 0 Å². The quantitative estimate of drug-likeness (QED) is 0.523.